The van der Waals surface area contributed by atoms with E-state index in [1.54, 1.807) is 66.7 Å². The Morgan fingerprint density at radius 3 is 2.18 bits per heavy atom. The SMILES string of the molecule is CCC[C@@]12c3ccccc3N(S(=O)(=O)c3ccccc3)[C@@H]1N1C(=O)[C@@H](SCCC(C)=O)N(C)C(=O)[C@@]1(SCCC(=O)c1ccccc1)[C@H]2O. The zero-order valence-electron chi connectivity index (χ0n) is 27.5. The lowest BCUT2D eigenvalue weighted by Gasteiger charge is -2.50. The third-order valence-electron chi connectivity index (χ3n) is 9.65. The van der Waals surface area contributed by atoms with Gasteiger partial charge >= 0.3 is 0 Å². The molecule has 3 aliphatic rings. The Kier molecular flexibility index (Phi) is 9.75. The zero-order chi connectivity index (χ0) is 35.1. The molecule has 0 saturated carbocycles. The van der Waals surface area contributed by atoms with E-state index in [1.807, 2.05) is 13.0 Å². The molecule has 3 aliphatic heterocycles. The number of aliphatic hydroxyl groups excluding tert-OH is 1. The molecule has 1 N–H and O–H groups in total. The molecule has 2 amide bonds. The molecule has 6 rings (SSSR count). The number of ketones is 2. The molecule has 0 spiro atoms. The number of aliphatic hydroxyl groups is 1. The average Bonchev–Trinajstić information content (AvgIpc) is 3.50. The summed E-state index contributed by atoms with van der Waals surface area (Å²) in [6, 6.07) is 23.6. The van der Waals surface area contributed by atoms with E-state index in [-0.39, 0.29) is 47.2 Å². The molecule has 3 heterocycles. The minimum atomic E-state index is -4.34. The molecule has 258 valence electrons. The van der Waals surface area contributed by atoms with Gasteiger partial charge in [0.15, 0.2) is 16.0 Å². The predicted octanol–water partition coefficient (Wildman–Crippen LogP) is 4.68. The molecular formula is C36H39N3O7S3. The van der Waals surface area contributed by atoms with E-state index in [0.717, 1.165) is 23.5 Å². The summed E-state index contributed by atoms with van der Waals surface area (Å²) in [6.45, 7) is 3.37. The quantitative estimate of drug-likeness (QED) is 0.250. The Morgan fingerprint density at radius 1 is 0.898 bits per heavy atom. The first kappa shape index (κ1) is 35.2. The molecule has 0 aromatic heterocycles. The van der Waals surface area contributed by atoms with Crippen LogP contribution < -0.4 is 4.31 Å². The van der Waals surface area contributed by atoms with Gasteiger partial charge in [-0.15, -0.1) is 23.5 Å². The number of nitrogens with zero attached hydrogens (tertiary/aromatic N) is 3. The third-order valence-corrected chi connectivity index (χ3v) is 14.2. The van der Waals surface area contributed by atoms with E-state index in [9.17, 15) is 32.7 Å². The third kappa shape index (κ3) is 5.49. The van der Waals surface area contributed by atoms with E-state index in [0.29, 0.717) is 23.2 Å². The van der Waals surface area contributed by atoms with Crippen molar-refractivity contribution in [1.82, 2.24) is 9.80 Å². The van der Waals surface area contributed by atoms with Gasteiger partial charge in [-0.25, -0.2) is 12.7 Å². The number of rotatable bonds is 13. The highest BCUT2D eigenvalue weighted by atomic mass is 32.2. The lowest BCUT2D eigenvalue weighted by atomic mass is 9.72. The first-order valence-electron chi connectivity index (χ1n) is 16.2. The van der Waals surface area contributed by atoms with Crippen LogP contribution in [-0.2, 0) is 29.8 Å². The molecule has 13 heteroatoms. The fourth-order valence-corrected chi connectivity index (χ4v) is 12.0. The second kappa shape index (κ2) is 13.6. The normalized spacial score (nSPS) is 26.0. The van der Waals surface area contributed by atoms with Gasteiger partial charge < -0.3 is 10.0 Å². The Balaban J connectivity index is 1.53. The summed E-state index contributed by atoms with van der Waals surface area (Å²) in [6.07, 6.45) is -1.84. The molecular weight excluding hydrogens is 683 g/mol. The summed E-state index contributed by atoms with van der Waals surface area (Å²) in [7, 11) is -2.84. The molecule has 0 radical (unpaired) electrons. The van der Waals surface area contributed by atoms with Gasteiger partial charge in [-0.2, -0.15) is 0 Å². The van der Waals surface area contributed by atoms with Crippen LogP contribution in [0.25, 0.3) is 0 Å². The minimum absolute atomic E-state index is 0.00508. The number of thioether (sulfide) groups is 2. The number of anilines is 1. The smallest absolute Gasteiger partial charge is 0.266 e. The monoisotopic (exact) mass is 721 g/mol. The highest BCUT2D eigenvalue weighted by Gasteiger charge is 2.79. The van der Waals surface area contributed by atoms with E-state index >= 15 is 0 Å². The van der Waals surface area contributed by atoms with Crippen molar-refractivity contribution in [2.45, 2.75) is 72.4 Å². The van der Waals surface area contributed by atoms with Gasteiger partial charge in [-0.1, -0.05) is 80.1 Å². The molecule has 3 aromatic rings. The number of sulfonamides is 1. The highest BCUT2D eigenvalue weighted by molar-refractivity contribution is 8.01. The Bertz CT molecular complexity index is 1880. The number of piperazine rings is 1. The van der Waals surface area contributed by atoms with Crippen molar-refractivity contribution in [3.8, 4) is 0 Å². The van der Waals surface area contributed by atoms with Crippen molar-refractivity contribution in [3.05, 3.63) is 96.1 Å². The summed E-state index contributed by atoms with van der Waals surface area (Å²) in [5, 5.41) is 11.8. The Labute approximate surface area is 295 Å². The summed E-state index contributed by atoms with van der Waals surface area (Å²) >= 11 is 2.15. The first-order chi connectivity index (χ1) is 23.4. The van der Waals surface area contributed by atoms with E-state index in [1.165, 1.54) is 40.2 Å². The number of likely N-dealkylation sites (N-methyl/N-ethyl adjacent to an activating group) is 1. The van der Waals surface area contributed by atoms with Crippen molar-refractivity contribution in [2.24, 2.45) is 0 Å². The topological polar surface area (TPSA) is 132 Å². The predicted molar refractivity (Wildman–Crippen MR) is 191 cm³/mol. The molecule has 2 fully saturated rings. The van der Waals surface area contributed by atoms with Gasteiger partial charge in [-0.05, 0) is 37.1 Å². The molecule has 3 aromatic carbocycles. The van der Waals surface area contributed by atoms with Gasteiger partial charge in [0.05, 0.1) is 16.0 Å². The largest absolute Gasteiger partial charge is 0.388 e. The lowest BCUT2D eigenvalue weighted by Crippen LogP contribution is -2.72. The minimum Gasteiger partial charge on any atom is -0.388 e. The van der Waals surface area contributed by atoms with Crippen LogP contribution >= 0.6 is 23.5 Å². The second-order valence-electron chi connectivity index (χ2n) is 12.6. The molecule has 5 atom stereocenters. The molecule has 10 nitrogen and oxygen atoms in total. The van der Waals surface area contributed by atoms with Crippen molar-refractivity contribution < 1.29 is 32.7 Å². The van der Waals surface area contributed by atoms with Crippen LogP contribution in [-0.4, -0.2) is 87.8 Å². The van der Waals surface area contributed by atoms with Gasteiger partial charge in [0.25, 0.3) is 21.8 Å². The maximum absolute atomic E-state index is 15.0. The highest BCUT2D eigenvalue weighted by Crippen LogP contribution is 2.64. The second-order valence-corrected chi connectivity index (χ2v) is 16.9. The maximum Gasteiger partial charge on any atom is 0.266 e. The van der Waals surface area contributed by atoms with E-state index in [4.69, 9.17) is 0 Å². The number of carbonyl (C=O) groups excluding carboxylic acids is 4. The summed E-state index contributed by atoms with van der Waals surface area (Å²) in [5.74, 6) is -0.980. The molecule has 0 bridgehead atoms. The maximum atomic E-state index is 15.0. The van der Waals surface area contributed by atoms with Crippen LogP contribution in [0.3, 0.4) is 0 Å². The van der Waals surface area contributed by atoms with Crippen LogP contribution in [0.1, 0.15) is 55.5 Å². The van der Waals surface area contributed by atoms with Gasteiger partial charge in [0, 0.05) is 37.0 Å². The number of Topliss-reactive ketones (excluding diaryl/α,β-unsaturated/α-hetero) is 2. The Morgan fingerprint density at radius 2 is 1.53 bits per heavy atom. The van der Waals surface area contributed by atoms with Gasteiger partial charge in [-0.3, -0.25) is 24.1 Å². The van der Waals surface area contributed by atoms with E-state index < -0.39 is 49.8 Å². The molecule has 0 unspecified atom stereocenters. The zero-order valence-corrected chi connectivity index (χ0v) is 30.0. The number of hydrogen-bond donors (Lipinski definition) is 1. The first-order valence-corrected chi connectivity index (χ1v) is 19.7. The van der Waals surface area contributed by atoms with Crippen molar-refractivity contribution >= 4 is 62.6 Å². The summed E-state index contributed by atoms with van der Waals surface area (Å²) in [5.41, 5.74) is -0.00781. The van der Waals surface area contributed by atoms with Crippen LogP contribution in [0.15, 0.2) is 89.8 Å². The number of carbonyl (C=O) groups is 4. The average molecular weight is 722 g/mol. The van der Waals surface area contributed by atoms with Crippen LogP contribution in [0.4, 0.5) is 5.69 Å². The van der Waals surface area contributed by atoms with Crippen LogP contribution in [0.5, 0.6) is 0 Å². The molecule has 0 aliphatic carbocycles. The van der Waals surface area contributed by atoms with Crippen molar-refractivity contribution in [2.75, 3.05) is 22.9 Å². The van der Waals surface area contributed by atoms with Crippen molar-refractivity contribution in [1.29, 1.82) is 0 Å². The van der Waals surface area contributed by atoms with Gasteiger partial charge in [0.2, 0.25) is 0 Å². The fraction of sp³-hybridized carbons (Fsp3) is 0.389. The summed E-state index contributed by atoms with van der Waals surface area (Å²) < 4.78 is 30.7. The lowest BCUT2D eigenvalue weighted by molar-refractivity contribution is -0.160. The number of benzene rings is 3. The number of hydrogen-bond acceptors (Lipinski definition) is 9. The Hall–Kier alpha value is -3.65. The standard InChI is InChI=1S/C36H39N3O7S3/c1-4-21-35-27-17-11-12-18-28(27)39(49(45,46)26-15-9-6-10-16-26)33(35)38-30(42)31(47-22-19-24(2)40)37(3)34(44)36(38,32(35)43)48-23-20-29(41)25-13-7-5-8-14-25/h5-18,31-33,43H,4,19-23H2,1-3H3/t31-,32+,33+,35+,36+/m1/s1. The fourth-order valence-electron chi connectivity index (χ4n) is 7.53. The molecule has 2 saturated heterocycles. The van der Waals surface area contributed by atoms with Gasteiger partial charge in [0.1, 0.15) is 18.1 Å². The van der Waals surface area contributed by atoms with Crippen molar-refractivity contribution in [3.63, 3.8) is 0 Å². The summed E-state index contributed by atoms with van der Waals surface area (Å²) in [4.78, 5) is 55.5. The van der Waals surface area contributed by atoms with E-state index in [2.05, 4.69) is 0 Å². The number of para-hydroxylation sites is 1. The number of amides is 2. The van der Waals surface area contributed by atoms with Crippen LogP contribution in [0, 0.1) is 0 Å². The van der Waals surface area contributed by atoms with Crippen LogP contribution in [0.2, 0.25) is 0 Å². The number of fused-ring (bicyclic) bond motifs is 5. The molecule has 49 heavy (non-hydrogen) atoms.